The first kappa shape index (κ1) is 29.4. The van der Waals surface area contributed by atoms with Crippen LogP contribution in [0.25, 0.3) is 0 Å². The molecule has 4 amide bonds. The number of rotatable bonds is 9. The average molecular weight is 559 g/mol. The van der Waals surface area contributed by atoms with Crippen molar-refractivity contribution in [3.8, 4) is 0 Å². The minimum absolute atomic E-state index is 0.0539. The summed E-state index contributed by atoms with van der Waals surface area (Å²) in [6.07, 6.45) is -6.75. The Morgan fingerprint density at radius 1 is 0.639 bits per heavy atom. The predicted octanol–water partition coefficient (Wildman–Crippen LogP) is 7.53. The van der Waals surface area contributed by atoms with E-state index < -0.39 is 45.6 Å². The predicted molar refractivity (Wildman–Crippen MR) is 125 cm³/mol. The van der Waals surface area contributed by atoms with Gasteiger partial charge in [-0.1, -0.05) is 36.0 Å². The summed E-state index contributed by atoms with van der Waals surface area (Å²) in [7, 11) is 0. The average Bonchev–Trinajstić information content (AvgIpc) is 2.76. The van der Waals surface area contributed by atoms with Crippen molar-refractivity contribution in [2.45, 2.75) is 38.0 Å². The monoisotopic (exact) mass is 558 g/mol. The molecule has 198 valence electrons. The van der Waals surface area contributed by atoms with Crippen LogP contribution in [0.1, 0.15) is 36.8 Å². The van der Waals surface area contributed by atoms with E-state index in [1.165, 1.54) is 12.1 Å². The van der Waals surface area contributed by atoms with E-state index in [1.54, 1.807) is 0 Å². The summed E-state index contributed by atoms with van der Waals surface area (Å²) in [6, 6.07) is 4.75. The van der Waals surface area contributed by atoms with Gasteiger partial charge < -0.3 is 21.3 Å². The minimum atomic E-state index is -4.65. The molecule has 2 aromatic rings. The number of benzene rings is 2. The molecule has 36 heavy (non-hydrogen) atoms. The molecule has 14 heteroatoms. The molecule has 0 aliphatic carbocycles. The van der Waals surface area contributed by atoms with Gasteiger partial charge in [-0.2, -0.15) is 26.3 Å². The van der Waals surface area contributed by atoms with E-state index in [0.717, 1.165) is 24.3 Å². The lowest BCUT2D eigenvalue weighted by Crippen LogP contribution is -2.30. The van der Waals surface area contributed by atoms with E-state index in [9.17, 15) is 35.9 Å². The van der Waals surface area contributed by atoms with Gasteiger partial charge in [0.15, 0.2) is 0 Å². The summed E-state index contributed by atoms with van der Waals surface area (Å²) in [5.74, 6) is 0. The van der Waals surface area contributed by atoms with E-state index in [1.807, 2.05) is 0 Å². The lowest BCUT2D eigenvalue weighted by atomic mass is 10.2. The van der Waals surface area contributed by atoms with Crippen LogP contribution in [-0.2, 0) is 12.4 Å². The van der Waals surface area contributed by atoms with Crippen LogP contribution in [0.3, 0.4) is 0 Å². The summed E-state index contributed by atoms with van der Waals surface area (Å²) < 4.78 is 77.2. The minimum Gasteiger partial charge on any atom is -0.338 e. The van der Waals surface area contributed by atoms with Crippen LogP contribution >= 0.6 is 23.2 Å². The number of amides is 4. The van der Waals surface area contributed by atoms with Gasteiger partial charge in [-0.15, -0.1) is 0 Å². The third-order valence-corrected chi connectivity index (χ3v) is 5.39. The summed E-state index contributed by atoms with van der Waals surface area (Å²) in [4.78, 5) is 23.7. The van der Waals surface area contributed by atoms with E-state index in [0.29, 0.717) is 25.7 Å². The highest BCUT2D eigenvalue weighted by atomic mass is 35.5. The second-order valence-corrected chi connectivity index (χ2v) is 8.38. The Hall–Kier alpha value is -2.86. The number of carbonyl (C=O) groups excluding carboxylic acids is 2. The van der Waals surface area contributed by atoms with E-state index in [4.69, 9.17) is 23.2 Å². The van der Waals surface area contributed by atoms with Gasteiger partial charge in [0.1, 0.15) is 0 Å². The van der Waals surface area contributed by atoms with Gasteiger partial charge in [-0.3, -0.25) is 0 Å². The van der Waals surface area contributed by atoms with Crippen molar-refractivity contribution in [3.05, 3.63) is 57.6 Å². The number of nitrogens with one attached hydrogen (secondary N) is 4. The number of anilines is 2. The highest BCUT2D eigenvalue weighted by Crippen LogP contribution is 2.37. The van der Waals surface area contributed by atoms with Gasteiger partial charge in [0, 0.05) is 24.5 Å². The van der Waals surface area contributed by atoms with Gasteiger partial charge in [-0.25, -0.2) is 9.59 Å². The number of alkyl halides is 6. The molecule has 2 rings (SSSR count). The van der Waals surface area contributed by atoms with Crippen molar-refractivity contribution in [1.82, 2.24) is 10.6 Å². The fourth-order valence-electron chi connectivity index (χ4n) is 3.00. The van der Waals surface area contributed by atoms with Crippen molar-refractivity contribution < 1.29 is 35.9 Å². The molecule has 0 unspecified atom stereocenters. The molecule has 0 fully saturated rings. The third-order valence-electron chi connectivity index (χ3n) is 4.73. The lowest BCUT2D eigenvalue weighted by molar-refractivity contribution is -0.138. The van der Waals surface area contributed by atoms with Crippen LogP contribution in [0, 0.1) is 0 Å². The second kappa shape index (κ2) is 12.9. The zero-order chi connectivity index (χ0) is 26.9. The molecular formula is C22H22Cl2F6N4O2. The Bertz CT molecular complexity index is 980. The van der Waals surface area contributed by atoms with Crippen LogP contribution < -0.4 is 21.3 Å². The summed E-state index contributed by atoms with van der Waals surface area (Å²) in [5.41, 5.74) is -2.21. The largest absolute Gasteiger partial charge is 0.417 e. The summed E-state index contributed by atoms with van der Waals surface area (Å²) in [6.45, 7) is 0.551. The lowest BCUT2D eigenvalue weighted by Gasteiger charge is -2.12. The molecule has 0 aliphatic rings. The maximum absolute atomic E-state index is 12.9. The van der Waals surface area contributed by atoms with Crippen molar-refractivity contribution in [2.75, 3.05) is 23.7 Å². The first-order valence-corrected chi connectivity index (χ1v) is 11.4. The normalized spacial score (nSPS) is 11.7. The molecular weight excluding hydrogens is 537 g/mol. The zero-order valence-electron chi connectivity index (χ0n) is 18.5. The van der Waals surface area contributed by atoms with Crippen LogP contribution in [0.5, 0.6) is 0 Å². The number of hydrogen-bond acceptors (Lipinski definition) is 2. The van der Waals surface area contributed by atoms with Crippen LogP contribution in [0.4, 0.5) is 47.3 Å². The Balaban J connectivity index is 1.60. The highest BCUT2D eigenvalue weighted by molar-refractivity contribution is 6.31. The fourth-order valence-corrected chi connectivity index (χ4v) is 3.45. The second-order valence-electron chi connectivity index (χ2n) is 7.56. The molecule has 0 aromatic heterocycles. The van der Waals surface area contributed by atoms with Crippen molar-refractivity contribution in [1.29, 1.82) is 0 Å². The highest BCUT2D eigenvalue weighted by Gasteiger charge is 2.34. The first-order chi connectivity index (χ1) is 16.8. The SMILES string of the molecule is O=C(NCCCCCCNC(=O)Nc1ccc(Cl)c(C(F)(F)F)c1)Nc1ccc(Cl)c(C(F)(F)F)c1. The molecule has 0 bridgehead atoms. The molecule has 0 heterocycles. The van der Waals surface area contributed by atoms with Gasteiger partial charge >= 0.3 is 24.4 Å². The molecule has 0 atom stereocenters. The molecule has 0 saturated heterocycles. The van der Waals surface area contributed by atoms with Crippen LogP contribution in [0.2, 0.25) is 10.0 Å². The van der Waals surface area contributed by atoms with Crippen molar-refractivity contribution in [2.24, 2.45) is 0 Å². The van der Waals surface area contributed by atoms with Gasteiger partial charge in [-0.05, 0) is 49.2 Å². The number of urea groups is 2. The maximum Gasteiger partial charge on any atom is 0.417 e. The van der Waals surface area contributed by atoms with Gasteiger partial charge in [0.2, 0.25) is 0 Å². The topological polar surface area (TPSA) is 82.3 Å². The standard InChI is InChI=1S/C22H22Cl2F6N4O2/c23-17-7-5-13(11-15(17)21(25,26)27)33-19(35)31-9-3-1-2-4-10-32-20(36)34-14-6-8-18(24)16(12-14)22(28,29)30/h5-8,11-12H,1-4,9-10H2,(H2,31,33,35)(H2,32,34,36). The Labute approximate surface area is 212 Å². The van der Waals surface area contributed by atoms with E-state index in [-0.39, 0.29) is 24.5 Å². The number of carbonyl (C=O) groups is 2. The number of hydrogen-bond donors (Lipinski definition) is 4. The fraction of sp³-hybridized carbons (Fsp3) is 0.364. The van der Waals surface area contributed by atoms with Crippen LogP contribution in [0.15, 0.2) is 36.4 Å². The third kappa shape index (κ3) is 9.65. The van der Waals surface area contributed by atoms with Crippen molar-refractivity contribution in [3.63, 3.8) is 0 Å². The van der Waals surface area contributed by atoms with Crippen LogP contribution in [-0.4, -0.2) is 25.2 Å². The maximum atomic E-state index is 12.9. The Kier molecular flexibility index (Phi) is 10.5. The summed E-state index contributed by atoms with van der Waals surface area (Å²) in [5, 5.41) is 8.72. The molecule has 6 nitrogen and oxygen atoms in total. The summed E-state index contributed by atoms with van der Waals surface area (Å²) >= 11 is 11.1. The molecule has 4 N–H and O–H groups in total. The quantitative estimate of drug-likeness (QED) is 0.189. The van der Waals surface area contributed by atoms with Gasteiger partial charge in [0.05, 0.1) is 21.2 Å². The van der Waals surface area contributed by atoms with Gasteiger partial charge in [0.25, 0.3) is 0 Å². The Morgan fingerprint density at radius 2 is 1.00 bits per heavy atom. The first-order valence-electron chi connectivity index (χ1n) is 10.6. The number of halogens is 8. The number of unbranched alkanes of at least 4 members (excludes halogenated alkanes) is 3. The molecule has 0 saturated carbocycles. The molecule has 0 spiro atoms. The zero-order valence-corrected chi connectivity index (χ0v) is 20.1. The molecule has 0 radical (unpaired) electrons. The van der Waals surface area contributed by atoms with Crippen molar-refractivity contribution >= 4 is 46.6 Å². The molecule has 0 aliphatic heterocycles. The molecule has 2 aromatic carbocycles. The van der Waals surface area contributed by atoms with E-state index >= 15 is 0 Å². The Morgan fingerprint density at radius 3 is 1.33 bits per heavy atom. The smallest absolute Gasteiger partial charge is 0.338 e. The van der Waals surface area contributed by atoms with E-state index in [2.05, 4.69) is 21.3 Å².